The van der Waals surface area contributed by atoms with Crippen molar-refractivity contribution < 1.29 is 4.74 Å². The molecule has 4 heteroatoms. The molecule has 3 rings (SSSR count). The number of piperidine rings is 1. The first-order valence-electron chi connectivity index (χ1n) is 6.94. The Morgan fingerprint density at radius 1 is 1.50 bits per heavy atom. The smallest absolute Gasteiger partial charge is 0.171 e. The molecule has 98 valence electrons. The summed E-state index contributed by atoms with van der Waals surface area (Å²) in [6, 6.07) is 4.59. The van der Waals surface area contributed by atoms with Crippen molar-refractivity contribution in [1.29, 1.82) is 0 Å². The van der Waals surface area contributed by atoms with Gasteiger partial charge in [0.05, 0.1) is 6.61 Å². The van der Waals surface area contributed by atoms with Crippen LogP contribution in [0.25, 0.3) is 0 Å². The van der Waals surface area contributed by atoms with Gasteiger partial charge < -0.3 is 15.0 Å². The van der Waals surface area contributed by atoms with Gasteiger partial charge in [-0.1, -0.05) is 0 Å². The van der Waals surface area contributed by atoms with Gasteiger partial charge >= 0.3 is 0 Å². The fraction of sp³-hybridized carbons (Fsp3) is 0.643. The van der Waals surface area contributed by atoms with Gasteiger partial charge in [0.15, 0.2) is 11.6 Å². The molecule has 0 bridgehead atoms. The maximum absolute atomic E-state index is 5.68. The number of ether oxygens (including phenoxy) is 1. The van der Waals surface area contributed by atoms with E-state index >= 15 is 0 Å². The van der Waals surface area contributed by atoms with Gasteiger partial charge in [-0.3, -0.25) is 0 Å². The van der Waals surface area contributed by atoms with E-state index in [1.165, 1.54) is 12.8 Å². The summed E-state index contributed by atoms with van der Waals surface area (Å²) in [7, 11) is 0. The van der Waals surface area contributed by atoms with E-state index in [-0.39, 0.29) is 0 Å². The number of hydrogen-bond donors (Lipinski definition) is 1. The van der Waals surface area contributed by atoms with E-state index in [1.807, 2.05) is 25.3 Å². The van der Waals surface area contributed by atoms with Crippen molar-refractivity contribution in [1.82, 2.24) is 10.3 Å². The van der Waals surface area contributed by atoms with Crippen LogP contribution >= 0.6 is 0 Å². The lowest BCUT2D eigenvalue weighted by atomic mass is 9.94. The largest absolute Gasteiger partial charge is 0.490 e. The van der Waals surface area contributed by atoms with Gasteiger partial charge in [-0.15, -0.1) is 0 Å². The average Bonchev–Trinajstić information content (AvgIpc) is 2.83. The molecule has 0 aliphatic carbocycles. The number of nitrogens with one attached hydrogen (secondary N) is 1. The molecule has 0 aromatic carbocycles. The molecule has 0 amide bonds. The zero-order valence-electron chi connectivity index (χ0n) is 10.9. The van der Waals surface area contributed by atoms with Crippen molar-refractivity contribution >= 4 is 5.82 Å². The molecule has 0 radical (unpaired) electrons. The van der Waals surface area contributed by atoms with Crippen molar-refractivity contribution in [3.8, 4) is 5.75 Å². The average molecular weight is 247 g/mol. The maximum atomic E-state index is 5.68. The Morgan fingerprint density at radius 3 is 3.28 bits per heavy atom. The highest BCUT2D eigenvalue weighted by molar-refractivity contribution is 5.53. The number of fused-ring (bicyclic) bond motifs is 1. The second-order valence-electron chi connectivity index (χ2n) is 5.13. The number of anilines is 1. The molecular weight excluding hydrogens is 226 g/mol. The molecule has 3 heterocycles. The quantitative estimate of drug-likeness (QED) is 0.881. The van der Waals surface area contributed by atoms with E-state index < -0.39 is 0 Å². The van der Waals surface area contributed by atoms with Crippen LogP contribution < -0.4 is 15.0 Å². The topological polar surface area (TPSA) is 37.4 Å². The van der Waals surface area contributed by atoms with Crippen LogP contribution in [-0.4, -0.2) is 37.3 Å². The number of hydrogen-bond acceptors (Lipinski definition) is 4. The van der Waals surface area contributed by atoms with Crippen molar-refractivity contribution in [2.75, 3.05) is 31.1 Å². The predicted molar refractivity (Wildman–Crippen MR) is 72.1 cm³/mol. The third-order valence-corrected chi connectivity index (χ3v) is 3.95. The molecule has 2 saturated heterocycles. The molecule has 4 nitrogen and oxygen atoms in total. The predicted octanol–water partition coefficient (Wildman–Crippen LogP) is 1.67. The fourth-order valence-electron chi connectivity index (χ4n) is 3.11. The number of aromatic nitrogens is 1. The normalized spacial score (nSPS) is 27.1. The van der Waals surface area contributed by atoms with Crippen LogP contribution in [0.4, 0.5) is 5.82 Å². The summed E-state index contributed by atoms with van der Waals surface area (Å²) in [6.45, 7) is 6.03. The first-order valence-corrected chi connectivity index (χ1v) is 6.94. The van der Waals surface area contributed by atoms with Gasteiger partial charge in [0, 0.05) is 25.3 Å². The van der Waals surface area contributed by atoms with Crippen molar-refractivity contribution in [3.63, 3.8) is 0 Å². The Kier molecular flexibility index (Phi) is 3.37. The molecule has 1 aromatic rings. The van der Waals surface area contributed by atoms with E-state index in [0.29, 0.717) is 12.6 Å². The molecule has 0 saturated carbocycles. The summed E-state index contributed by atoms with van der Waals surface area (Å²) < 4.78 is 5.68. The van der Waals surface area contributed by atoms with Gasteiger partial charge in [-0.05, 0) is 44.4 Å². The minimum absolute atomic E-state index is 0.634. The van der Waals surface area contributed by atoms with Crippen molar-refractivity contribution in [3.05, 3.63) is 18.3 Å². The molecule has 2 aliphatic rings. The summed E-state index contributed by atoms with van der Waals surface area (Å²) in [6.07, 6.45) is 4.49. The van der Waals surface area contributed by atoms with Gasteiger partial charge in [0.2, 0.25) is 0 Å². The highest BCUT2D eigenvalue weighted by Crippen LogP contribution is 2.32. The third kappa shape index (κ3) is 2.17. The second-order valence-corrected chi connectivity index (χ2v) is 5.13. The molecule has 2 aliphatic heterocycles. The van der Waals surface area contributed by atoms with Crippen LogP contribution in [0.1, 0.15) is 19.8 Å². The second kappa shape index (κ2) is 5.14. The van der Waals surface area contributed by atoms with E-state index in [0.717, 1.165) is 37.1 Å². The highest BCUT2D eigenvalue weighted by atomic mass is 16.5. The maximum Gasteiger partial charge on any atom is 0.171 e. The molecule has 1 aromatic heterocycles. The third-order valence-electron chi connectivity index (χ3n) is 3.95. The standard InChI is InChI=1S/C14H21N3O/c1-2-18-13-6-4-8-16-14(13)17-9-11-5-3-7-15-12(11)10-17/h4,6,8,11-12,15H,2-3,5,7,9-10H2,1H3. The molecule has 0 spiro atoms. The van der Waals surface area contributed by atoms with Crippen LogP contribution in [0, 0.1) is 5.92 Å². The number of rotatable bonds is 3. The van der Waals surface area contributed by atoms with E-state index in [4.69, 9.17) is 4.74 Å². The lowest BCUT2D eigenvalue weighted by Gasteiger charge is -2.24. The summed E-state index contributed by atoms with van der Waals surface area (Å²) in [4.78, 5) is 6.88. The van der Waals surface area contributed by atoms with Crippen LogP contribution in [0.5, 0.6) is 5.75 Å². The zero-order valence-corrected chi connectivity index (χ0v) is 10.9. The first-order chi connectivity index (χ1) is 8.88. The lowest BCUT2D eigenvalue weighted by molar-refractivity contribution is 0.338. The summed E-state index contributed by atoms with van der Waals surface area (Å²) in [5.41, 5.74) is 0. The summed E-state index contributed by atoms with van der Waals surface area (Å²) in [5, 5.41) is 3.62. The van der Waals surface area contributed by atoms with Crippen LogP contribution in [0.3, 0.4) is 0 Å². The van der Waals surface area contributed by atoms with Gasteiger partial charge in [-0.25, -0.2) is 4.98 Å². The Labute approximate surface area is 108 Å². The van der Waals surface area contributed by atoms with Crippen LogP contribution in [0.2, 0.25) is 0 Å². The first kappa shape index (κ1) is 11.8. The Morgan fingerprint density at radius 2 is 2.44 bits per heavy atom. The molecular formula is C14H21N3O. The van der Waals surface area contributed by atoms with Crippen molar-refractivity contribution in [2.45, 2.75) is 25.8 Å². The van der Waals surface area contributed by atoms with E-state index in [9.17, 15) is 0 Å². The minimum atomic E-state index is 0.634. The van der Waals surface area contributed by atoms with Crippen LogP contribution in [-0.2, 0) is 0 Å². The number of nitrogens with zero attached hydrogens (tertiary/aromatic N) is 2. The highest BCUT2D eigenvalue weighted by Gasteiger charge is 2.35. The molecule has 2 atom stereocenters. The van der Waals surface area contributed by atoms with Crippen molar-refractivity contribution in [2.24, 2.45) is 5.92 Å². The van der Waals surface area contributed by atoms with Gasteiger partial charge in [-0.2, -0.15) is 0 Å². The SMILES string of the molecule is CCOc1cccnc1N1CC2CCCNC2C1. The van der Waals surface area contributed by atoms with E-state index in [1.54, 1.807) is 0 Å². The molecule has 18 heavy (non-hydrogen) atoms. The summed E-state index contributed by atoms with van der Waals surface area (Å²) >= 11 is 0. The molecule has 1 N–H and O–H groups in total. The lowest BCUT2D eigenvalue weighted by Crippen LogP contribution is -2.40. The Hall–Kier alpha value is -1.29. The van der Waals surface area contributed by atoms with Gasteiger partial charge in [0.1, 0.15) is 0 Å². The molecule has 2 unspecified atom stereocenters. The van der Waals surface area contributed by atoms with Crippen LogP contribution in [0.15, 0.2) is 18.3 Å². The minimum Gasteiger partial charge on any atom is -0.490 e. The van der Waals surface area contributed by atoms with Gasteiger partial charge in [0.25, 0.3) is 0 Å². The summed E-state index contributed by atoms with van der Waals surface area (Å²) in [5.74, 6) is 2.70. The molecule has 2 fully saturated rings. The Bertz CT molecular complexity index is 396. The zero-order chi connectivity index (χ0) is 12.4. The Balaban J connectivity index is 1.79. The fourth-order valence-corrected chi connectivity index (χ4v) is 3.11. The number of pyridine rings is 1. The monoisotopic (exact) mass is 247 g/mol. The van der Waals surface area contributed by atoms with E-state index in [2.05, 4.69) is 15.2 Å².